The standard InChI is InChI=1S/C13H13F3N2O4S2/c14-13(15,16)9-4-3-5-10(8-9)24(21,22)11(18-17)12(23(19)20)6-1-2-7-12/h3-5,8,23H,1-2,6-7H2. The third-order valence-electron chi connectivity index (χ3n) is 4.00. The van der Waals surface area contributed by atoms with E-state index in [9.17, 15) is 30.0 Å². The number of halogens is 3. The Balaban J connectivity index is 2.63. The first-order valence-corrected chi connectivity index (χ1v) is 9.51. The highest BCUT2D eigenvalue weighted by Gasteiger charge is 2.55. The van der Waals surface area contributed by atoms with E-state index in [4.69, 9.17) is 5.53 Å². The number of hydrogen-bond acceptors (Lipinski definition) is 4. The number of thiol groups is 1. The van der Waals surface area contributed by atoms with Crippen LogP contribution in [0, 0.1) is 0 Å². The van der Waals surface area contributed by atoms with Gasteiger partial charge >= 0.3 is 11.2 Å². The summed E-state index contributed by atoms with van der Waals surface area (Å²) in [7, 11) is -8.01. The van der Waals surface area contributed by atoms with Gasteiger partial charge in [-0.15, -0.1) is 0 Å². The largest absolute Gasteiger partial charge is 0.416 e. The van der Waals surface area contributed by atoms with Gasteiger partial charge in [0.25, 0.3) is 9.84 Å². The molecule has 0 saturated heterocycles. The van der Waals surface area contributed by atoms with Gasteiger partial charge in [-0.1, -0.05) is 18.9 Å². The molecule has 0 heterocycles. The minimum Gasteiger partial charge on any atom is -0.360 e. The van der Waals surface area contributed by atoms with Crippen molar-refractivity contribution in [3.05, 3.63) is 35.4 Å². The molecule has 1 fully saturated rings. The first kappa shape index (κ1) is 18.6. The molecule has 0 radical (unpaired) electrons. The molecule has 24 heavy (non-hydrogen) atoms. The summed E-state index contributed by atoms with van der Waals surface area (Å²) < 4.78 is 84.9. The zero-order chi connectivity index (χ0) is 18.2. The molecule has 1 aromatic carbocycles. The summed E-state index contributed by atoms with van der Waals surface area (Å²) in [6, 6.07) is 2.87. The third-order valence-corrected chi connectivity index (χ3v) is 7.36. The van der Waals surface area contributed by atoms with Crippen LogP contribution in [-0.4, -0.2) is 31.4 Å². The molecule has 6 nitrogen and oxygen atoms in total. The van der Waals surface area contributed by atoms with Crippen LogP contribution in [0.4, 0.5) is 13.2 Å². The van der Waals surface area contributed by atoms with E-state index in [-0.39, 0.29) is 12.8 Å². The van der Waals surface area contributed by atoms with Crippen molar-refractivity contribution in [1.82, 2.24) is 0 Å². The lowest BCUT2D eigenvalue weighted by Gasteiger charge is -2.16. The highest BCUT2D eigenvalue weighted by atomic mass is 32.2. The Hall–Kier alpha value is -1.71. The monoisotopic (exact) mass is 382 g/mol. The summed E-state index contributed by atoms with van der Waals surface area (Å²) in [5.74, 6) is 0. The summed E-state index contributed by atoms with van der Waals surface area (Å²) in [5.41, 5.74) is 7.94. The second-order valence-corrected chi connectivity index (χ2v) is 8.67. The van der Waals surface area contributed by atoms with E-state index < -0.39 is 47.0 Å². The quantitative estimate of drug-likeness (QED) is 0.284. The van der Waals surface area contributed by atoms with E-state index in [1.165, 1.54) is 0 Å². The molecule has 0 bridgehead atoms. The van der Waals surface area contributed by atoms with Crippen LogP contribution >= 0.6 is 0 Å². The molecule has 1 saturated carbocycles. The molecule has 0 aromatic heterocycles. The fourth-order valence-corrected chi connectivity index (χ4v) is 5.82. The maximum atomic E-state index is 12.8. The van der Waals surface area contributed by atoms with Gasteiger partial charge in [-0.05, 0) is 31.0 Å². The SMILES string of the molecule is [N-]=[N+]=C(C1([SH](=O)=O)CCCC1)S(=O)(=O)c1cccc(C(F)(F)F)c1. The smallest absolute Gasteiger partial charge is 0.360 e. The molecule has 1 aliphatic carbocycles. The summed E-state index contributed by atoms with van der Waals surface area (Å²) in [5, 5.41) is -1.03. The lowest BCUT2D eigenvalue weighted by molar-refractivity contribution is -0.137. The maximum absolute atomic E-state index is 12.8. The van der Waals surface area contributed by atoms with E-state index >= 15 is 0 Å². The van der Waals surface area contributed by atoms with Crippen LogP contribution in [-0.2, 0) is 26.7 Å². The van der Waals surface area contributed by atoms with E-state index in [0.29, 0.717) is 25.0 Å². The van der Waals surface area contributed by atoms with Crippen LogP contribution in [0.25, 0.3) is 5.53 Å². The van der Waals surface area contributed by atoms with Gasteiger partial charge in [0.15, 0.2) is 15.5 Å². The Bertz CT molecular complexity index is 871. The van der Waals surface area contributed by atoms with Gasteiger partial charge in [0, 0.05) is 0 Å². The summed E-state index contributed by atoms with van der Waals surface area (Å²) in [6.07, 6.45) is -4.09. The van der Waals surface area contributed by atoms with Crippen LogP contribution in [0.5, 0.6) is 0 Å². The highest BCUT2D eigenvalue weighted by Crippen LogP contribution is 2.37. The highest BCUT2D eigenvalue weighted by molar-refractivity contribution is 8.07. The molecule has 0 N–H and O–H groups in total. The van der Waals surface area contributed by atoms with Crippen LogP contribution in [0.15, 0.2) is 29.2 Å². The zero-order valence-electron chi connectivity index (χ0n) is 12.2. The lowest BCUT2D eigenvalue weighted by Crippen LogP contribution is -2.43. The average molecular weight is 382 g/mol. The topological polar surface area (TPSA) is 105 Å². The van der Waals surface area contributed by atoms with E-state index in [1.807, 2.05) is 0 Å². The van der Waals surface area contributed by atoms with Gasteiger partial charge in [0.05, 0.1) is 10.5 Å². The van der Waals surface area contributed by atoms with Gasteiger partial charge in [-0.25, -0.2) is 16.8 Å². The molecule has 0 amide bonds. The number of benzene rings is 1. The molecule has 1 aliphatic rings. The maximum Gasteiger partial charge on any atom is 0.416 e. The fourth-order valence-electron chi connectivity index (χ4n) is 2.78. The molecule has 0 aliphatic heterocycles. The summed E-state index contributed by atoms with van der Waals surface area (Å²) in [4.78, 5) is 1.90. The molecule has 2 rings (SSSR count). The molecule has 1 aromatic rings. The minimum absolute atomic E-state index is 0.0662. The van der Waals surface area contributed by atoms with Crippen molar-refractivity contribution in [2.75, 3.05) is 0 Å². The predicted octanol–water partition coefficient (Wildman–Crippen LogP) is 2.03. The van der Waals surface area contributed by atoms with Crippen molar-refractivity contribution in [2.45, 2.75) is 41.5 Å². The van der Waals surface area contributed by atoms with Crippen LogP contribution in [0.1, 0.15) is 31.2 Å². The number of hydrogen-bond donors (Lipinski definition) is 1. The first-order chi connectivity index (χ1) is 11.1. The van der Waals surface area contributed by atoms with Crippen molar-refractivity contribution in [2.24, 2.45) is 0 Å². The molecule has 0 atom stereocenters. The van der Waals surface area contributed by atoms with Gasteiger partial charge in [-0.3, -0.25) is 0 Å². The summed E-state index contributed by atoms with van der Waals surface area (Å²) in [6.45, 7) is 0. The van der Waals surface area contributed by atoms with Gasteiger partial charge < -0.3 is 5.53 Å². The van der Waals surface area contributed by atoms with Crippen LogP contribution in [0.3, 0.4) is 0 Å². The van der Waals surface area contributed by atoms with E-state index in [0.717, 1.165) is 12.1 Å². The fraction of sp³-hybridized carbons (Fsp3) is 0.462. The Morgan fingerprint density at radius 1 is 1.21 bits per heavy atom. The normalized spacial score (nSPS) is 17.7. The second kappa shape index (κ2) is 6.30. The molecular weight excluding hydrogens is 369 g/mol. The Kier molecular flexibility index (Phi) is 4.89. The van der Waals surface area contributed by atoms with Crippen molar-refractivity contribution in [3.8, 4) is 0 Å². The Morgan fingerprint density at radius 3 is 2.25 bits per heavy atom. The number of alkyl halides is 3. The number of rotatable bonds is 3. The van der Waals surface area contributed by atoms with Crippen molar-refractivity contribution in [3.63, 3.8) is 0 Å². The second-order valence-electron chi connectivity index (χ2n) is 5.43. The van der Waals surface area contributed by atoms with Gasteiger partial charge in [-0.2, -0.15) is 18.0 Å². The zero-order valence-corrected chi connectivity index (χ0v) is 13.9. The van der Waals surface area contributed by atoms with Crippen molar-refractivity contribution < 1.29 is 34.8 Å². The van der Waals surface area contributed by atoms with E-state index in [2.05, 4.69) is 4.79 Å². The van der Waals surface area contributed by atoms with Crippen molar-refractivity contribution in [1.29, 1.82) is 0 Å². The molecule has 11 heteroatoms. The molecular formula is C13H13F3N2O4S2. The van der Waals surface area contributed by atoms with Crippen molar-refractivity contribution >= 4 is 25.6 Å². The van der Waals surface area contributed by atoms with Crippen LogP contribution < -0.4 is 0 Å². The number of nitrogens with zero attached hydrogens (tertiary/aromatic N) is 2. The van der Waals surface area contributed by atoms with E-state index in [1.54, 1.807) is 0 Å². The number of sulfone groups is 1. The lowest BCUT2D eigenvalue weighted by atomic mass is 10.1. The first-order valence-electron chi connectivity index (χ1n) is 6.85. The Labute approximate surface area is 137 Å². The molecule has 132 valence electrons. The minimum atomic E-state index is -4.77. The van der Waals surface area contributed by atoms with Crippen LogP contribution in [0.2, 0.25) is 0 Å². The Morgan fingerprint density at radius 2 is 1.79 bits per heavy atom. The average Bonchev–Trinajstić information content (AvgIpc) is 2.97. The third kappa shape index (κ3) is 3.11. The molecule has 0 unspecified atom stereocenters. The van der Waals surface area contributed by atoms with Gasteiger partial charge in [0.1, 0.15) is 0 Å². The van der Waals surface area contributed by atoms with Gasteiger partial charge in [0.2, 0.25) is 0 Å². The predicted molar refractivity (Wildman–Crippen MR) is 78.8 cm³/mol. The summed E-state index contributed by atoms with van der Waals surface area (Å²) >= 11 is 0. The molecule has 0 spiro atoms.